The van der Waals surface area contributed by atoms with Gasteiger partial charge >= 0.3 is 0 Å². The average Bonchev–Trinajstić information content (AvgIpc) is 2.15. The Morgan fingerprint density at radius 3 is 2.22 bits per heavy atom. The number of allylic oxidation sites excluding steroid dienone is 2. The van der Waals surface area contributed by atoms with Crippen molar-refractivity contribution in [2.45, 2.75) is 24.3 Å². The predicted molar refractivity (Wildman–Crippen MR) is 44.8 cm³/mol. The molecule has 0 fully saturated rings. The van der Waals surface area contributed by atoms with Crippen LogP contribution in [-0.4, -0.2) is 10.5 Å². The zero-order valence-corrected chi connectivity index (χ0v) is 6.69. The standard InChI is InChI=1S/C8H12S/c1-7(2)9-8-5-3-4-6-8/h3-8H,1-2H3. The molecule has 0 radical (unpaired) electrons. The molecule has 0 aromatic carbocycles. The molecule has 0 unspecified atom stereocenters. The molecule has 1 aliphatic carbocycles. The summed E-state index contributed by atoms with van der Waals surface area (Å²) in [6.07, 6.45) is 8.68. The summed E-state index contributed by atoms with van der Waals surface area (Å²) in [7, 11) is 0. The molecule has 0 aromatic rings. The Labute approximate surface area is 61.0 Å². The van der Waals surface area contributed by atoms with E-state index in [1.165, 1.54) is 0 Å². The molecule has 1 heteroatoms. The molecule has 9 heavy (non-hydrogen) atoms. The van der Waals surface area contributed by atoms with Gasteiger partial charge in [0.2, 0.25) is 0 Å². The molecule has 1 rings (SSSR count). The highest BCUT2D eigenvalue weighted by Crippen LogP contribution is 2.21. The molecule has 0 N–H and O–H groups in total. The summed E-state index contributed by atoms with van der Waals surface area (Å²) < 4.78 is 0. The van der Waals surface area contributed by atoms with Gasteiger partial charge in [-0.1, -0.05) is 38.2 Å². The van der Waals surface area contributed by atoms with E-state index in [-0.39, 0.29) is 0 Å². The third kappa shape index (κ3) is 2.27. The Morgan fingerprint density at radius 1 is 1.22 bits per heavy atom. The Bertz CT molecular complexity index is 122. The topological polar surface area (TPSA) is 0 Å². The van der Waals surface area contributed by atoms with Gasteiger partial charge in [0.05, 0.1) is 0 Å². The molecule has 0 atom stereocenters. The first-order valence-electron chi connectivity index (χ1n) is 3.29. The van der Waals surface area contributed by atoms with Crippen LogP contribution in [0.5, 0.6) is 0 Å². The van der Waals surface area contributed by atoms with Gasteiger partial charge in [0, 0.05) is 5.25 Å². The van der Waals surface area contributed by atoms with Gasteiger partial charge in [-0.2, -0.15) is 0 Å². The molecule has 0 saturated heterocycles. The number of thioether (sulfide) groups is 1. The third-order valence-electron chi connectivity index (χ3n) is 1.14. The number of hydrogen-bond donors (Lipinski definition) is 0. The molecule has 0 nitrogen and oxygen atoms in total. The van der Waals surface area contributed by atoms with E-state index in [4.69, 9.17) is 0 Å². The second-order valence-corrected chi connectivity index (χ2v) is 4.18. The van der Waals surface area contributed by atoms with Gasteiger partial charge in [-0.25, -0.2) is 0 Å². The molecule has 0 amide bonds. The van der Waals surface area contributed by atoms with Crippen LogP contribution in [0.2, 0.25) is 0 Å². The van der Waals surface area contributed by atoms with Crippen LogP contribution in [0.15, 0.2) is 24.3 Å². The van der Waals surface area contributed by atoms with E-state index in [0.717, 1.165) is 5.25 Å². The second-order valence-electron chi connectivity index (χ2n) is 2.42. The lowest BCUT2D eigenvalue weighted by Gasteiger charge is -2.06. The lowest BCUT2D eigenvalue weighted by Crippen LogP contribution is -1.96. The summed E-state index contributed by atoms with van der Waals surface area (Å²) in [6.45, 7) is 4.45. The lowest BCUT2D eigenvalue weighted by atomic mass is 10.5. The largest absolute Gasteiger partial charge is 0.147 e. The van der Waals surface area contributed by atoms with Crippen LogP contribution >= 0.6 is 11.8 Å². The molecular weight excluding hydrogens is 128 g/mol. The molecule has 0 aliphatic heterocycles. The zero-order chi connectivity index (χ0) is 6.69. The first kappa shape index (κ1) is 6.94. The molecule has 1 aliphatic rings. The smallest absolute Gasteiger partial charge is 0.0416 e. The molecule has 0 bridgehead atoms. The SMILES string of the molecule is CC(C)SC1C=CC=C1. The number of hydrogen-bond acceptors (Lipinski definition) is 1. The summed E-state index contributed by atoms with van der Waals surface area (Å²) in [5, 5.41) is 1.38. The van der Waals surface area contributed by atoms with Crippen LogP contribution in [0.3, 0.4) is 0 Å². The molecule has 0 aromatic heterocycles. The maximum Gasteiger partial charge on any atom is 0.0416 e. The van der Waals surface area contributed by atoms with Gasteiger partial charge in [-0.3, -0.25) is 0 Å². The fourth-order valence-electron chi connectivity index (χ4n) is 0.816. The Hall–Kier alpha value is -0.170. The van der Waals surface area contributed by atoms with Crippen molar-refractivity contribution in [3.63, 3.8) is 0 Å². The van der Waals surface area contributed by atoms with Crippen LogP contribution in [-0.2, 0) is 0 Å². The van der Waals surface area contributed by atoms with E-state index in [1.807, 2.05) is 11.8 Å². The Balaban J connectivity index is 2.29. The normalized spacial score (nSPS) is 18.1. The fourth-order valence-corrected chi connectivity index (χ4v) is 1.81. The van der Waals surface area contributed by atoms with E-state index in [1.54, 1.807) is 0 Å². The Kier molecular flexibility index (Phi) is 2.40. The van der Waals surface area contributed by atoms with Gasteiger partial charge in [0.25, 0.3) is 0 Å². The minimum absolute atomic E-state index is 0.644. The molecule has 0 spiro atoms. The Morgan fingerprint density at radius 2 is 1.78 bits per heavy atom. The van der Waals surface area contributed by atoms with Crippen molar-refractivity contribution in [1.29, 1.82) is 0 Å². The van der Waals surface area contributed by atoms with E-state index >= 15 is 0 Å². The maximum atomic E-state index is 2.23. The maximum absolute atomic E-state index is 2.23. The minimum Gasteiger partial charge on any atom is -0.147 e. The van der Waals surface area contributed by atoms with E-state index in [2.05, 4.69) is 38.2 Å². The highest BCUT2D eigenvalue weighted by atomic mass is 32.2. The first-order valence-corrected chi connectivity index (χ1v) is 4.24. The minimum atomic E-state index is 0.644. The van der Waals surface area contributed by atoms with Crippen LogP contribution in [0.1, 0.15) is 13.8 Å². The van der Waals surface area contributed by atoms with Crippen molar-refractivity contribution in [1.82, 2.24) is 0 Å². The van der Waals surface area contributed by atoms with Gasteiger partial charge in [-0.15, -0.1) is 11.8 Å². The summed E-state index contributed by atoms with van der Waals surface area (Å²) in [5.74, 6) is 0. The third-order valence-corrected chi connectivity index (χ3v) is 2.31. The summed E-state index contributed by atoms with van der Waals surface area (Å²) in [5.41, 5.74) is 0. The summed E-state index contributed by atoms with van der Waals surface area (Å²) in [4.78, 5) is 0. The van der Waals surface area contributed by atoms with Crippen molar-refractivity contribution in [3.05, 3.63) is 24.3 Å². The van der Waals surface area contributed by atoms with Crippen molar-refractivity contribution in [2.24, 2.45) is 0 Å². The highest BCUT2D eigenvalue weighted by molar-refractivity contribution is 8.00. The summed E-state index contributed by atoms with van der Waals surface area (Å²) >= 11 is 1.99. The van der Waals surface area contributed by atoms with E-state index < -0.39 is 0 Å². The van der Waals surface area contributed by atoms with Gasteiger partial charge in [-0.05, 0) is 5.25 Å². The number of rotatable bonds is 2. The van der Waals surface area contributed by atoms with Crippen molar-refractivity contribution in [2.75, 3.05) is 0 Å². The van der Waals surface area contributed by atoms with Crippen molar-refractivity contribution in [3.8, 4) is 0 Å². The first-order chi connectivity index (χ1) is 4.29. The van der Waals surface area contributed by atoms with Gasteiger partial charge in [0.1, 0.15) is 0 Å². The monoisotopic (exact) mass is 140 g/mol. The quantitative estimate of drug-likeness (QED) is 0.568. The summed E-state index contributed by atoms with van der Waals surface area (Å²) in [6, 6.07) is 0. The van der Waals surface area contributed by atoms with Crippen molar-refractivity contribution >= 4 is 11.8 Å². The fraction of sp³-hybridized carbons (Fsp3) is 0.500. The predicted octanol–water partition coefficient (Wildman–Crippen LogP) is 2.62. The van der Waals surface area contributed by atoms with Crippen molar-refractivity contribution < 1.29 is 0 Å². The molecule has 0 heterocycles. The molecule has 50 valence electrons. The van der Waals surface area contributed by atoms with E-state index in [9.17, 15) is 0 Å². The highest BCUT2D eigenvalue weighted by Gasteiger charge is 2.04. The van der Waals surface area contributed by atoms with Gasteiger partial charge < -0.3 is 0 Å². The van der Waals surface area contributed by atoms with Crippen LogP contribution in [0.4, 0.5) is 0 Å². The zero-order valence-electron chi connectivity index (χ0n) is 5.87. The average molecular weight is 140 g/mol. The van der Waals surface area contributed by atoms with Crippen LogP contribution in [0.25, 0.3) is 0 Å². The van der Waals surface area contributed by atoms with E-state index in [0.29, 0.717) is 5.25 Å². The van der Waals surface area contributed by atoms with Crippen LogP contribution < -0.4 is 0 Å². The lowest BCUT2D eigenvalue weighted by molar-refractivity contribution is 1.11. The second kappa shape index (κ2) is 3.11. The van der Waals surface area contributed by atoms with Gasteiger partial charge in [0.15, 0.2) is 0 Å². The molecular formula is C8H12S. The van der Waals surface area contributed by atoms with Crippen LogP contribution in [0, 0.1) is 0 Å². The molecule has 0 saturated carbocycles.